The molecular formula is C20H16F2N2O3S. The lowest BCUT2D eigenvalue weighted by molar-refractivity contribution is -0.122. The minimum atomic E-state index is -0.651. The highest BCUT2D eigenvalue weighted by Crippen LogP contribution is 2.32. The fraction of sp³-hybridized carbons (Fsp3) is 0.150. The van der Waals surface area contributed by atoms with E-state index in [1.165, 1.54) is 36.4 Å². The van der Waals surface area contributed by atoms with Crippen LogP contribution in [0.25, 0.3) is 6.08 Å². The first-order chi connectivity index (χ1) is 13.4. The smallest absolute Gasteiger partial charge is 0.293 e. The Morgan fingerprint density at radius 3 is 2.64 bits per heavy atom. The fourth-order valence-corrected chi connectivity index (χ4v) is 3.47. The third kappa shape index (κ3) is 4.28. The normalized spacial score (nSPS) is 15.4. The first-order valence-electron chi connectivity index (χ1n) is 8.41. The number of hydrogen-bond acceptors (Lipinski definition) is 4. The van der Waals surface area contributed by atoms with Crippen LogP contribution in [0.3, 0.4) is 0 Å². The van der Waals surface area contributed by atoms with Crippen LogP contribution in [0.2, 0.25) is 0 Å². The molecule has 0 aliphatic carbocycles. The number of rotatable bonds is 5. The molecule has 0 atom stereocenters. The van der Waals surface area contributed by atoms with Crippen molar-refractivity contribution in [2.24, 2.45) is 0 Å². The second-order valence-corrected chi connectivity index (χ2v) is 7.09. The van der Waals surface area contributed by atoms with Gasteiger partial charge in [0.1, 0.15) is 11.6 Å². The number of amides is 3. The molecule has 144 valence electrons. The Balaban J connectivity index is 1.63. The first kappa shape index (κ1) is 19.8. The topological polar surface area (TPSA) is 66.5 Å². The van der Waals surface area contributed by atoms with Crippen LogP contribution in [0.4, 0.5) is 13.6 Å². The van der Waals surface area contributed by atoms with Crippen molar-refractivity contribution in [3.05, 3.63) is 75.7 Å². The monoisotopic (exact) mass is 402 g/mol. The summed E-state index contributed by atoms with van der Waals surface area (Å²) in [6.45, 7) is 1.63. The molecule has 0 aromatic heterocycles. The molecular weight excluding hydrogens is 386 g/mol. The molecule has 0 saturated carbocycles. The summed E-state index contributed by atoms with van der Waals surface area (Å²) in [6.07, 6.45) is 1.32. The number of nitrogens with zero attached hydrogens (tertiary/aromatic N) is 1. The number of halogens is 2. The summed E-state index contributed by atoms with van der Waals surface area (Å²) in [7, 11) is 0. The van der Waals surface area contributed by atoms with E-state index in [1.54, 1.807) is 19.1 Å². The minimum Gasteiger partial charge on any atom is -0.350 e. The predicted molar refractivity (Wildman–Crippen MR) is 103 cm³/mol. The van der Waals surface area contributed by atoms with Gasteiger partial charge in [-0.15, -0.1) is 0 Å². The van der Waals surface area contributed by atoms with Crippen molar-refractivity contribution in [1.29, 1.82) is 0 Å². The number of aryl methyl sites for hydroxylation is 1. The number of nitrogens with one attached hydrogen (secondary N) is 1. The van der Waals surface area contributed by atoms with Crippen molar-refractivity contribution in [2.45, 2.75) is 6.92 Å². The lowest BCUT2D eigenvalue weighted by atomic mass is 10.1. The lowest BCUT2D eigenvalue weighted by Crippen LogP contribution is -2.37. The first-order valence-corrected chi connectivity index (χ1v) is 9.22. The van der Waals surface area contributed by atoms with E-state index in [0.717, 1.165) is 10.5 Å². The van der Waals surface area contributed by atoms with Crippen LogP contribution in [0, 0.1) is 18.6 Å². The average Bonchev–Trinajstić information content (AvgIpc) is 2.92. The van der Waals surface area contributed by atoms with E-state index in [1.807, 2.05) is 0 Å². The van der Waals surface area contributed by atoms with Gasteiger partial charge in [-0.25, -0.2) is 8.78 Å². The Labute approximate surface area is 164 Å². The van der Waals surface area contributed by atoms with Crippen molar-refractivity contribution in [2.75, 3.05) is 13.1 Å². The lowest BCUT2D eigenvalue weighted by Gasteiger charge is -2.13. The van der Waals surface area contributed by atoms with Gasteiger partial charge >= 0.3 is 0 Å². The second kappa shape index (κ2) is 8.35. The Kier molecular flexibility index (Phi) is 5.89. The molecule has 1 heterocycles. The zero-order valence-corrected chi connectivity index (χ0v) is 15.7. The Morgan fingerprint density at radius 2 is 1.89 bits per heavy atom. The van der Waals surface area contributed by atoms with Gasteiger partial charge in [0.2, 0.25) is 0 Å². The van der Waals surface area contributed by atoms with Gasteiger partial charge in [-0.3, -0.25) is 19.3 Å². The van der Waals surface area contributed by atoms with Gasteiger partial charge in [0.15, 0.2) is 0 Å². The molecule has 1 N–H and O–H groups in total. The minimum absolute atomic E-state index is 0.0305. The third-order valence-electron chi connectivity index (χ3n) is 4.05. The maximum absolute atomic E-state index is 13.7. The summed E-state index contributed by atoms with van der Waals surface area (Å²) < 4.78 is 27.5. The molecule has 3 amide bonds. The van der Waals surface area contributed by atoms with Crippen LogP contribution < -0.4 is 5.32 Å². The van der Waals surface area contributed by atoms with E-state index in [-0.39, 0.29) is 29.1 Å². The molecule has 0 unspecified atom stereocenters. The summed E-state index contributed by atoms with van der Waals surface area (Å²) >= 11 is 0.704. The Bertz CT molecular complexity index is 991. The van der Waals surface area contributed by atoms with E-state index in [4.69, 9.17) is 0 Å². The van der Waals surface area contributed by atoms with Gasteiger partial charge < -0.3 is 5.32 Å². The van der Waals surface area contributed by atoms with E-state index >= 15 is 0 Å². The SMILES string of the molecule is Cc1ccc(F)c(C(=O)NCCN2C(=O)S/C(=C\c3ccccc3F)C2=O)c1. The average molecular weight is 402 g/mol. The number of carbonyl (C=O) groups is 3. The highest BCUT2D eigenvalue weighted by atomic mass is 32.2. The molecule has 5 nitrogen and oxygen atoms in total. The number of hydrogen-bond donors (Lipinski definition) is 1. The number of carbonyl (C=O) groups excluding carboxylic acids is 3. The predicted octanol–water partition coefficient (Wildman–Crippen LogP) is 3.74. The molecule has 2 aromatic rings. The number of benzene rings is 2. The largest absolute Gasteiger partial charge is 0.350 e. The third-order valence-corrected chi connectivity index (χ3v) is 4.96. The van der Waals surface area contributed by atoms with Gasteiger partial charge in [-0.05, 0) is 43.0 Å². The molecule has 0 radical (unpaired) electrons. The molecule has 0 spiro atoms. The molecule has 1 aliphatic rings. The van der Waals surface area contributed by atoms with Crippen LogP contribution in [0.5, 0.6) is 0 Å². The highest BCUT2D eigenvalue weighted by Gasteiger charge is 2.34. The van der Waals surface area contributed by atoms with Crippen LogP contribution in [0.15, 0.2) is 47.4 Å². The van der Waals surface area contributed by atoms with E-state index in [9.17, 15) is 23.2 Å². The maximum atomic E-state index is 13.7. The van der Waals surface area contributed by atoms with E-state index < -0.39 is 28.7 Å². The molecule has 28 heavy (non-hydrogen) atoms. The molecule has 1 saturated heterocycles. The molecule has 2 aromatic carbocycles. The van der Waals surface area contributed by atoms with Crippen LogP contribution >= 0.6 is 11.8 Å². The molecule has 3 rings (SSSR count). The van der Waals surface area contributed by atoms with Gasteiger partial charge in [-0.2, -0.15) is 0 Å². The van der Waals surface area contributed by atoms with Crippen molar-refractivity contribution in [3.63, 3.8) is 0 Å². The Hall–Kier alpha value is -3.00. The number of thioether (sulfide) groups is 1. The van der Waals surface area contributed by atoms with Crippen LogP contribution in [-0.2, 0) is 4.79 Å². The van der Waals surface area contributed by atoms with Gasteiger partial charge in [0.05, 0.1) is 10.5 Å². The second-order valence-electron chi connectivity index (χ2n) is 6.09. The van der Waals surface area contributed by atoms with Gasteiger partial charge in [0.25, 0.3) is 17.1 Å². The summed E-state index contributed by atoms with van der Waals surface area (Å²) in [5, 5.41) is 1.98. The van der Waals surface area contributed by atoms with Crippen molar-refractivity contribution in [1.82, 2.24) is 10.2 Å². The summed E-state index contributed by atoms with van der Waals surface area (Å²) in [6, 6.07) is 10.1. The zero-order valence-electron chi connectivity index (χ0n) is 14.9. The van der Waals surface area contributed by atoms with Crippen molar-refractivity contribution in [3.8, 4) is 0 Å². The quantitative estimate of drug-likeness (QED) is 0.774. The van der Waals surface area contributed by atoms with Gasteiger partial charge in [-0.1, -0.05) is 29.8 Å². The summed E-state index contributed by atoms with van der Waals surface area (Å²) in [5.74, 6) is -2.34. The van der Waals surface area contributed by atoms with Gasteiger partial charge in [0, 0.05) is 18.7 Å². The highest BCUT2D eigenvalue weighted by molar-refractivity contribution is 8.18. The zero-order chi connectivity index (χ0) is 20.3. The summed E-state index contributed by atoms with van der Waals surface area (Å²) in [5.41, 5.74) is 0.834. The van der Waals surface area contributed by atoms with Crippen molar-refractivity contribution >= 4 is 34.9 Å². The number of imide groups is 1. The van der Waals surface area contributed by atoms with Crippen LogP contribution in [-0.4, -0.2) is 35.0 Å². The van der Waals surface area contributed by atoms with Crippen LogP contribution in [0.1, 0.15) is 21.5 Å². The molecule has 8 heteroatoms. The molecule has 1 aliphatic heterocycles. The fourth-order valence-electron chi connectivity index (χ4n) is 2.62. The Morgan fingerprint density at radius 1 is 1.14 bits per heavy atom. The van der Waals surface area contributed by atoms with Crippen molar-refractivity contribution < 1.29 is 23.2 Å². The molecule has 1 fully saturated rings. The molecule has 0 bridgehead atoms. The standard InChI is InChI=1S/C20H16F2N2O3S/c1-12-6-7-16(22)14(10-12)18(25)23-8-9-24-19(26)17(28-20(24)27)11-13-4-2-3-5-15(13)21/h2-7,10-11H,8-9H2,1H3,(H,23,25)/b17-11-. The van der Waals surface area contributed by atoms with E-state index in [2.05, 4.69) is 5.32 Å². The maximum Gasteiger partial charge on any atom is 0.293 e. The summed E-state index contributed by atoms with van der Waals surface area (Å²) in [4.78, 5) is 37.6. The van der Waals surface area contributed by atoms with E-state index in [0.29, 0.717) is 11.8 Å².